The van der Waals surface area contributed by atoms with Crippen molar-refractivity contribution >= 4 is 90.0 Å². The van der Waals surface area contributed by atoms with Crippen molar-refractivity contribution in [3.63, 3.8) is 0 Å². The van der Waals surface area contributed by atoms with Gasteiger partial charge in [0, 0.05) is 159 Å². The Bertz CT molecular complexity index is 4870. The predicted molar refractivity (Wildman–Crippen MR) is 425 cm³/mol. The van der Waals surface area contributed by atoms with Gasteiger partial charge in [-0.15, -0.1) is 0 Å². The topological polar surface area (TPSA) is 423 Å². The fraction of sp³-hybridized carbons (Fsp3) is 0.506. The predicted octanol–water partition coefficient (Wildman–Crippen LogP) is 11.5. The summed E-state index contributed by atoms with van der Waals surface area (Å²) in [5, 5.41) is 99.7. The number of methoxy groups -OCH3 is 2. The number of nitrogens with two attached hydrogens (primary N) is 1. The second kappa shape index (κ2) is 34.5. The first kappa shape index (κ1) is 85.6. The van der Waals surface area contributed by atoms with Gasteiger partial charge in [0.2, 0.25) is 0 Å². The van der Waals surface area contributed by atoms with E-state index in [4.69, 9.17) is 43.6 Å². The molecule has 5 aliphatic rings. The van der Waals surface area contributed by atoms with E-state index >= 15 is 0 Å². The minimum atomic E-state index is -1.94. The van der Waals surface area contributed by atoms with Crippen LogP contribution in [0.15, 0.2) is 84.7 Å². The number of hydrogen-bond acceptors (Lipinski definition) is 24. The van der Waals surface area contributed by atoms with E-state index in [0.29, 0.717) is 33.9 Å². The fourth-order valence-corrected chi connectivity index (χ4v) is 16.5. The van der Waals surface area contributed by atoms with Gasteiger partial charge in [-0.25, -0.2) is 0 Å². The maximum absolute atomic E-state index is 14.6. The molecule has 2 aromatic heterocycles. The zero-order valence-corrected chi connectivity index (χ0v) is 67.4. The number of nitrogens with zero attached hydrogens (tertiary/aromatic N) is 1. The number of ketones is 2. The molecule has 0 aliphatic carbocycles. The third kappa shape index (κ3) is 16.4. The number of aromatic hydroxyl groups is 4. The highest BCUT2D eigenvalue weighted by Crippen LogP contribution is 2.57. The van der Waals surface area contributed by atoms with E-state index in [0.717, 1.165) is 37.9 Å². The number of aromatic amines is 2. The van der Waals surface area contributed by atoms with Crippen LogP contribution in [0.3, 0.4) is 0 Å². The van der Waals surface area contributed by atoms with E-state index in [1.165, 1.54) is 67.4 Å². The molecule has 5 aliphatic heterocycles. The first-order valence-corrected chi connectivity index (χ1v) is 38.4. The molecule has 113 heavy (non-hydrogen) atoms. The van der Waals surface area contributed by atoms with Crippen LogP contribution in [0, 0.1) is 61.2 Å². The van der Waals surface area contributed by atoms with Crippen LogP contribution in [-0.2, 0) is 60.7 Å². The monoisotopic (exact) mass is 1570 g/mol. The van der Waals surface area contributed by atoms with Gasteiger partial charge in [0.25, 0.3) is 23.4 Å². The molecule has 0 radical (unpaired) electrons. The molecule has 6 aromatic rings. The molecule has 14 N–H and O–H groups in total. The van der Waals surface area contributed by atoms with Crippen LogP contribution in [0.2, 0.25) is 0 Å². The largest absolute Gasteiger partial charge is 0.507 e. The minimum absolute atomic E-state index is 0.00495. The second-order valence-corrected chi connectivity index (χ2v) is 31.4. The Labute approximate surface area is 656 Å². The lowest BCUT2D eigenvalue weighted by Gasteiger charge is -2.38. The number of piperidine rings is 1. The highest BCUT2D eigenvalue weighted by Gasteiger charge is 2.52. The zero-order valence-electron chi connectivity index (χ0n) is 67.4. The van der Waals surface area contributed by atoms with E-state index in [2.05, 4.69) is 25.5 Å². The number of aromatic nitrogens is 2. The summed E-state index contributed by atoms with van der Waals surface area (Å²) >= 11 is 0. The van der Waals surface area contributed by atoms with Gasteiger partial charge in [-0.2, -0.15) is 0 Å². The summed E-state index contributed by atoms with van der Waals surface area (Å²) in [7, 11) is 2.93. The number of Topliss-reactive ketones (excluding diaryl/α,β-unsaturated/α-hetero) is 2. The third-order valence-electron chi connectivity index (χ3n) is 23.5. The number of esters is 2. The van der Waals surface area contributed by atoms with Crippen LogP contribution in [0.1, 0.15) is 159 Å². The SMILES string of the molecule is CO[C@H]1/C=C/O[C@@]2(C)Oc3c(C)c(O)c4c(O)c(c5c(CN)c[nH]c5c4c3C2=O)NC(=O)/C(C)=C\C=C\[C@H](C)[C@H](O)[C@@H](C)[C@@H](O)[C@@H](C)[C@H](OC(C)=O)[C@@H]1C.CO[C@H]1/C=C/O[C@@]2(C)Oc3c(C)c(O)c4c(O)c(c5c(CN6CCCCC6)c[nH]c5c4c3C2=O)NC(=O)/C(C)=C\C=C\[C@H](C)[C@H](O)[C@@H](C)[C@@H](O)[C@@H](C)[C@H](OC(C)=O)[C@@H]1C. The van der Waals surface area contributed by atoms with E-state index < -0.39 is 155 Å². The van der Waals surface area contributed by atoms with Gasteiger partial charge in [-0.05, 0) is 76.9 Å². The van der Waals surface area contributed by atoms with Gasteiger partial charge >= 0.3 is 23.5 Å². The maximum Gasteiger partial charge on any atom is 0.312 e. The molecule has 0 unspecified atom stereocenters. The molecule has 0 saturated carbocycles. The number of carbonyl (C=O) groups excluding carboxylic acids is 6. The quantitative estimate of drug-likeness (QED) is 0.0521. The molecule has 8 bridgehead atoms. The van der Waals surface area contributed by atoms with Crippen LogP contribution in [0.5, 0.6) is 34.5 Å². The number of anilines is 2. The van der Waals surface area contributed by atoms with Crippen molar-refractivity contribution in [2.75, 3.05) is 37.9 Å². The Hall–Kier alpha value is -9.78. The molecular weight excluding hydrogens is 1460 g/mol. The Kier molecular flexibility index (Phi) is 26.2. The lowest BCUT2D eigenvalue weighted by Crippen LogP contribution is -2.46. The summed E-state index contributed by atoms with van der Waals surface area (Å²) in [5.74, 6) is -13.5. The summed E-state index contributed by atoms with van der Waals surface area (Å²) in [6.07, 6.45) is 14.6. The lowest BCUT2D eigenvalue weighted by atomic mass is 9.78. The molecule has 18 atom stereocenters. The van der Waals surface area contributed by atoms with Crippen molar-refractivity contribution in [3.8, 4) is 34.5 Å². The Morgan fingerprint density at radius 1 is 0.522 bits per heavy atom. The van der Waals surface area contributed by atoms with Gasteiger partial charge in [0.15, 0.2) is 11.5 Å². The van der Waals surface area contributed by atoms with E-state index in [-0.39, 0.29) is 95.9 Å². The molecule has 11 rings (SSSR count). The number of rotatable bonds is 7. The number of amides is 2. The Morgan fingerprint density at radius 3 is 1.27 bits per heavy atom. The molecule has 1 fully saturated rings. The van der Waals surface area contributed by atoms with E-state index in [1.54, 1.807) is 131 Å². The Morgan fingerprint density at radius 2 is 0.903 bits per heavy atom. The van der Waals surface area contributed by atoms with Crippen LogP contribution in [0.25, 0.3) is 43.4 Å². The van der Waals surface area contributed by atoms with Crippen LogP contribution < -0.4 is 25.8 Å². The summed E-state index contributed by atoms with van der Waals surface area (Å²) in [6.45, 7) is 28.0. The van der Waals surface area contributed by atoms with Gasteiger partial charge < -0.3 is 105 Å². The average molecular weight is 1570 g/mol. The number of likely N-dealkylation sites (tertiary alicyclic amines) is 1. The van der Waals surface area contributed by atoms with Gasteiger partial charge in [0.05, 0.1) is 93.5 Å². The summed E-state index contributed by atoms with van der Waals surface area (Å²) < 4.78 is 47.6. The maximum atomic E-state index is 14.6. The van der Waals surface area contributed by atoms with Crippen LogP contribution >= 0.6 is 0 Å². The molecular formula is C85H110N6O22. The van der Waals surface area contributed by atoms with Gasteiger partial charge in [-0.3, -0.25) is 33.7 Å². The molecule has 4 aromatic carbocycles. The minimum Gasteiger partial charge on any atom is -0.507 e. The number of nitrogens with one attached hydrogen (secondary N) is 4. The number of aliphatic hydroxyl groups excluding tert-OH is 4. The van der Waals surface area contributed by atoms with Crippen LogP contribution in [0.4, 0.5) is 11.4 Å². The molecule has 28 nitrogen and oxygen atoms in total. The smallest absolute Gasteiger partial charge is 0.312 e. The number of carbonyl (C=O) groups is 6. The van der Waals surface area contributed by atoms with Crippen molar-refractivity contribution in [2.45, 2.75) is 204 Å². The molecule has 7 heterocycles. The molecule has 2 amide bonds. The first-order chi connectivity index (χ1) is 53.3. The van der Waals surface area contributed by atoms with Crippen LogP contribution in [-0.4, -0.2) is 179 Å². The van der Waals surface area contributed by atoms with Crippen molar-refractivity contribution in [2.24, 2.45) is 53.1 Å². The second-order valence-electron chi connectivity index (χ2n) is 31.4. The molecule has 1 saturated heterocycles. The number of allylic oxidation sites excluding steroid dienone is 4. The van der Waals surface area contributed by atoms with E-state index in [9.17, 15) is 69.6 Å². The lowest BCUT2D eigenvalue weighted by molar-refractivity contribution is -0.161. The standard InChI is InChI=1S/C45H59N3O11.C40H51N3O11/c1-22-14-13-15-23(2)44(55)47-36-31-29(21-48-17-11-10-12-18-48)20-46-35(31)32-33(40(36)53)39(52)27(6)42-34(32)43(54)45(8,59-42)57-19-16-30(56-9)24(3)41(58-28(7)49)26(5)38(51)25(4)37(22)50;1-17-11-10-12-18(2)39(50)43-31-26-24(15-41)16-42-30(26)27-28(35(31)48)34(47)22(6)37-29(27)38(49)40(8,54-37)52-14-13-25(51-9)19(3)36(53-23(7)44)21(5)33(46)20(4)32(17)45/h13-16,19-20,22,24-26,30,37-38,41,46,50-53H,10-12,17-18,21H2,1-9H3,(H,47,55);10-14,16-17,19-21,25,32-33,36,42,45-48H,15,41H2,1-9H3,(H,43,50)/b14-13+,19-16+,23-15-;11-10+,14-13+,18-12-/t22-,24+,25+,26+,30-,37-,38+,41+,45-;17-,19+,20+,21+,25-,32-,33+,36+,40-/m00/s1. The fourth-order valence-electron chi connectivity index (χ4n) is 16.5. The number of phenolic OH excluding ortho intramolecular Hbond substituents is 4. The normalized spacial score (nSPS) is 31.9. The highest BCUT2D eigenvalue weighted by atomic mass is 16.7. The van der Waals surface area contributed by atoms with Crippen molar-refractivity contribution < 1.29 is 108 Å². The first-order valence-electron chi connectivity index (χ1n) is 38.4. The van der Waals surface area contributed by atoms with E-state index in [1.807, 2.05) is 0 Å². The summed E-state index contributed by atoms with van der Waals surface area (Å²) in [6, 6.07) is 0. The number of aliphatic hydroxyl groups is 4. The van der Waals surface area contributed by atoms with Gasteiger partial charge in [0.1, 0.15) is 35.2 Å². The number of ether oxygens (including phenoxy) is 8. The molecule has 28 heteroatoms. The highest BCUT2D eigenvalue weighted by molar-refractivity contribution is 6.30. The van der Waals surface area contributed by atoms with Crippen molar-refractivity contribution in [1.82, 2.24) is 14.9 Å². The number of fused-ring (bicyclic) bond motifs is 2. The third-order valence-corrected chi connectivity index (χ3v) is 23.5. The number of phenols is 4. The van der Waals surface area contributed by atoms with Crippen molar-refractivity contribution in [3.05, 3.63) is 118 Å². The summed E-state index contributed by atoms with van der Waals surface area (Å²) in [4.78, 5) is 89.9. The number of H-pyrrole nitrogens is 2. The zero-order chi connectivity index (χ0) is 83.1. The summed E-state index contributed by atoms with van der Waals surface area (Å²) in [5.41, 5.74) is 9.15. The number of benzene rings is 4. The van der Waals surface area contributed by atoms with Crippen molar-refractivity contribution in [1.29, 1.82) is 0 Å². The molecule has 0 spiro atoms. The molecule has 612 valence electrons. The van der Waals surface area contributed by atoms with Gasteiger partial charge in [-0.1, -0.05) is 98.3 Å². The Balaban J connectivity index is 0.000000240. The average Bonchev–Trinajstić information content (AvgIpc) is 1.57. The number of hydrogen-bond donors (Lipinski definition) is 13.